The number of benzene rings is 1. The molecule has 0 unspecified atom stereocenters. The van der Waals surface area contributed by atoms with Gasteiger partial charge in [0.1, 0.15) is 6.10 Å². The molecule has 0 spiro atoms. The van der Waals surface area contributed by atoms with Gasteiger partial charge in [-0.15, -0.1) is 0 Å². The number of aromatic nitrogens is 4. The monoisotopic (exact) mass is 317 g/mol. The molecule has 4 rings (SSSR count). The molecule has 24 heavy (non-hydrogen) atoms. The molecule has 0 radical (unpaired) electrons. The van der Waals surface area contributed by atoms with Crippen molar-refractivity contribution in [3.05, 3.63) is 59.8 Å². The maximum atomic E-state index is 9.02. The molecular formula is C18H15N5O. The second kappa shape index (κ2) is 5.78. The van der Waals surface area contributed by atoms with Gasteiger partial charge in [0.15, 0.2) is 0 Å². The van der Waals surface area contributed by atoms with Crippen LogP contribution in [0.15, 0.2) is 43.0 Å². The molecule has 0 saturated heterocycles. The average Bonchev–Trinajstić information content (AvgIpc) is 3.16. The molecular weight excluding hydrogens is 302 g/mol. The number of nitriles is 1. The van der Waals surface area contributed by atoms with Crippen LogP contribution in [0.25, 0.3) is 11.1 Å². The number of ether oxygens (including phenoxy) is 1. The van der Waals surface area contributed by atoms with E-state index in [9.17, 15) is 0 Å². The van der Waals surface area contributed by atoms with E-state index in [4.69, 9.17) is 10.00 Å². The molecule has 3 heterocycles. The van der Waals surface area contributed by atoms with Crippen molar-refractivity contribution in [1.82, 2.24) is 19.7 Å². The van der Waals surface area contributed by atoms with Gasteiger partial charge in [-0.25, -0.2) is 4.98 Å². The van der Waals surface area contributed by atoms with Crippen molar-refractivity contribution in [2.75, 3.05) is 0 Å². The molecule has 2 aromatic heterocycles. The molecule has 0 N–H and O–H groups in total. The lowest BCUT2D eigenvalue weighted by atomic mass is 9.98. The van der Waals surface area contributed by atoms with Crippen LogP contribution in [-0.2, 0) is 13.0 Å². The first kappa shape index (κ1) is 14.4. The molecule has 6 heteroatoms. The minimum Gasteiger partial charge on any atom is -0.471 e. The molecule has 118 valence electrons. The summed E-state index contributed by atoms with van der Waals surface area (Å²) >= 11 is 0. The van der Waals surface area contributed by atoms with Gasteiger partial charge >= 0.3 is 0 Å². The summed E-state index contributed by atoms with van der Waals surface area (Å²) in [5.74, 6) is 0.532. The van der Waals surface area contributed by atoms with Crippen molar-refractivity contribution in [3.8, 4) is 23.1 Å². The van der Waals surface area contributed by atoms with Gasteiger partial charge in [-0.3, -0.25) is 9.67 Å². The zero-order valence-electron chi connectivity index (χ0n) is 13.2. The minimum atomic E-state index is 0.00263. The van der Waals surface area contributed by atoms with Crippen LogP contribution in [0.5, 0.6) is 5.88 Å². The second-order valence-corrected chi connectivity index (χ2v) is 5.82. The minimum absolute atomic E-state index is 0.00263. The van der Waals surface area contributed by atoms with Gasteiger partial charge < -0.3 is 4.74 Å². The first-order chi connectivity index (χ1) is 11.7. The molecule has 1 aliphatic rings. The largest absolute Gasteiger partial charge is 0.471 e. The summed E-state index contributed by atoms with van der Waals surface area (Å²) in [7, 11) is 0. The molecule has 1 atom stereocenters. The summed E-state index contributed by atoms with van der Waals surface area (Å²) in [4.78, 5) is 8.18. The van der Waals surface area contributed by atoms with Crippen LogP contribution in [-0.4, -0.2) is 25.9 Å². The third kappa shape index (κ3) is 2.50. The highest BCUT2D eigenvalue weighted by Gasteiger charge is 2.27. The summed E-state index contributed by atoms with van der Waals surface area (Å²) in [5.41, 5.74) is 5.10. The topological polar surface area (TPSA) is 76.6 Å². The Balaban J connectivity index is 1.60. The molecule has 1 aliphatic heterocycles. The Labute approximate surface area is 139 Å². The average molecular weight is 317 g/mol. The summed E-state index contributed by atoms with van der Waals surface area (Å²) in [6, 6.07) is 7.91. The highest BCUT2D eigenvalue weighted by atomic mass is 16.5. The lowest BCUT2D eigenvalue weighted by Gasteiger charge is -2.11. The van der Waals surface area contributed by atoms with Crippen molar-refractivity contribution >= 4 is 0 Å². The van der Waals surface area contributed by atoms with Gasteiger partial charge in [0.25, 0.3) is 0 Å². The van der Waals surface area contributed by atoms with Crippen LogP contribution in [0.4, 0.5) is 0 Å². The first-order valence-corrected chi connectivity index (χ1v) is 7.73. The zero-order valence-corrected chi connectivity index (χ0v) is 13.2. The van der Waals surface area contributed by atoms with E-state index in [0.717, 1.165) is 28.8 Å². The highest BCUT2D eigenvalue weighted by molar-refractivity contribution is 5.70. The molecule has 0 aliphatic carbocycles. The second-order valence-electron chi connectivity index (χ2n) is 5.82. The lowest BCUT2D eigenvalue weighted by molar-refractivity contribution is 0.190. The number of fused-ring (bicyclic) bond motifs is 1. The van der Waals surface area contributed by atoms with E-state index >= 15 is 0 Å². The van der Waals surface area contributed by atoms with Gasteiger partial charge in [0, 0.05) is 24.4 Å². The maximum Gasteiger partial charge on any atom is 0.232 e. The summed E-state index contributed by atoms with van der Waals surface area (Å²) in [5, 5.41) is 13.5. The predicted molar refractivity (Wildman–Crippen MR) is 87.3 cm³/mol. The van der Waals surface area contributed by atoms with Crippen LogP contribution in [0.1, 0.15) is 16.8 Å². The molecule has 0 fully saturated rings. The molecule has 0 saturated carbocycles. The van der Waals surface area contributed by atoms with Gasteiger partial charge in [-0.1, -0.05) is 6.07 Å². The number of aryl methyl sites for hydroxylation is 1. The summed E-state index contributed by atoms with van der Waals surface area (Å²) in [6.07, 6.45) is 7.52. The van der Waals surface area contributed by atoms with E-state index in [1.54, 1.807) is 18.6 Å². The quantitative estimate of drug-likeness (QED) is 0.742. The Kier molecular flexibility index (Phi) is 3.47. The van der Waals surface area contributed by atoms with E-state index in [1.807, 2.05) is 36.0 Å². The number of hydrogen-bond acceptors (Lipinski definition) is 5. The maximum absolute atomic E-state index is 9.02. The molecule has 1 aromatic carbocycles. The SMILES string of the molecule is Cc1cc(C#N)ccc1-c1cnn2c1C[C@@H](Oc1cnccn1)C2. The Hall–Kier alpha value is -3.20. The standard InChI is InChI=1S/C18H15N5O/c1-12-6-13(8-19)2-3-15(12)16-9-22-23-11-14(7-17(16)23)24-18-10-20-4-5-21-18/h2-6,9-10,14H,7,11H2,1H3/t14-/m1/s1. The smallest absolute Gasteiger partial charge is 0.232 e. The number of nitrogens with zero attached hydrogens (tertiary/aromatic N) is 5. The van der Waals surface area contributed by atoms with Crippen LogP contribution in [0.3, 0.4) is 0 Å². The van der Waals surface area contributed by atoms with Gasteiger partial charge in [-0.05, 0) is 30.2 Å². The molecule has 0 bridgehead atoms. The van der Waals surface area contributed by atoms with Crippen LogP contribution < -0.4 is 4.74 Å². The third-order valence-corrected chi connectivity index (χ3v) is 4.22. The van der Waals surface area contributed by atoms with Crippen molar-refractivity contribution in [1.29, 1.82) is 5.26 Å². The van der Waals surface area contributed by atoms with Crippen LogP contribution >= 0.6 is 0 Å². The van der Waals surface area contributed by atoms with Gasteiger partial charge in [-0.2, -0.15) is 10.4 Å². The van der Waals surface area contributed by atoms with E-state index in [2.05, 4.69) is 21.1 Å². The first-order valence-electron chi connectivity index (χ1n) is 7.73. The van der Waals surface area contributed by atoms with Gasteiger partial charge in [0.05, 0.1) is 36.3 Å². The van der Waals surface area contributed by atoms with Gasteiger partial charge in [0.2, 0.25) is 5.88 Å². The van der Waals surface area contributed by atoms with Crippen molar-refractivity contribution in [2.45, 2.75) is 26.0 Å². The van der Waals surface area contributed by atoms with Crippen molar-refractivity contribution in [3.63, 3.8) is 0 Å². The van der Waals surface area contributed by atoms with E-state index in [0.29, 0.717) is 18.0 Å². The highest BCUT2D eigenvalue weighted by Crippen LogP contribution is 2.31. The molecule has 6 nitrogen and oxygen atoms in total. The van der Waals surface area contributed by atoms with E-state index < -0.39 is 0 Å². The zero-order chi connectivity index (χ0) is 16.5. The molecule has 0 amide bonds. The summed E-state index contributed by atoms with van der Waals surface area (Å²) in [6.45, 7) is 2.71. The van der Waals surface area contributed by atoms with E-state index in [-0.39, 0.29) is 6.10 Å². The number of hydrogen-bond donors (Lipinski definition) is 0. The van der Waals surface area contributed by atoms with Crippen LogP contribution in [0.2, 0.25) is 0 Å². The Morgan fingerprint density at radius 2 is 2.17 bits per heavy atom. The summed E-state index contributed by atoms with van der Waals surface area (Å²) < 4.78 is 7.88. The normalized spacial score (nSPS) is 15.8. The Morgan fingerprint density at radius 3 is 2.92 bits per heavy atom. The molecule has 3 aromatic rings. The van der Waals surface area contributed by atoms with Crippen LogP contribution in [0, 0.1) is 18.3 Å². The fourth-order valence-corrected chi connectivity index (χ4v) is 3.11. The lowest BCUT2D eigenvalue weighted by Crippen LogP contribution is -2.19. The van der Waals surface area contributed by atoms with Crippen molar-refractivity contribution < 1.29 is 4.74 Å². The number of rotatable bonds is 3. The fourth-order valence-electron chi connectivity index (χ4n) is 3.11. The van der Waals surface area contributed by atoms with Crippen molar-refractivity contribution in [2.24, 2.45) is 0 Å². The Bertz CT molecular complexity index is 926. The Morgan fingerprint density at radius 1 is 1.25 bits per heavy atom. The fraction of sp³-hybridized carbons (Fsp3) is 0.222. The predicted octanol–water partition coefficient (Wildman–Crippen LogP) is 2.52. The third-order valence-electron chi connectivity index (χ3n) is 4.22. The van der Waals surface area contributed by atoms with E-state index in [1.165, 1.54) is 0 Å².